The first-order valence-electron chi connectivity index (χ1n) is 7.88. The quantitative estimate of drug-likeness (QED) is 0.221. The molecule has 5 rings (SSSR count). The van der Waals surface area contributed by atoms with Gasteiger partial charge in [0, 0.05) is 5.39 Å². The minimum absolute atomic E-state index is 0.342. The second kappa shape index (κ2) is 5.08. The summed E-state index contributed by atoms with van der Waals surface area (Å²) in [6, 6.07) is 25.4. The van der Waals surface area contributed by atoms with Crippen LogP contribution < -0.4 is 0 Å². The molecule has 114 valence electrons. The Hall–Kier alpha value is -2.33. The Balaban J connectivity index is 2.04. The molecule has 0 bridgehead atoms. The smallest absolute Gasteiger partial charge is 0.129 e. The van der Waals surface area contributed by atoms with Gasteiger partial charge in [0.25, 0.3) is 0 Å². The highest BCUT2D eigenvalue weighted by Gasteiger charge is 2.11. The molecule has 0 spiro atoms. The molecule has 1 nitrogen and oxygen atoms in total. The molecule has 0 amide bonds. The lowest BCUT2D eigenvalue weighted by Gasteiger charge is -2.11. The third-order valence-electron chi connectivity index (χ3n) is 4.82. The highest BCUT2D eigenvalue weighted by molar-refractivity contribution is 14.1. The van der Waals surface area contributed by atoms with Gasteiger partial charge in [-0.1, -0.05) is 66.7 Å². The number of rotatable bonds is 0. The Kier molecular flexibility index (Phi) is 2.98. The number of aromatic hydroxyl groups is 1. The van der Waals surface area contributed by atoms with Crippen molar-refractivity contribution in [3.05, 3.63) is 76.4 Å². The van der Waals surface area contributed by atoms with Gasteiger partial charge in [0.05, 0.1) is 3.57 Å². The van der Waals surface area contributed by atoms with Crippen LogP contribution in [0.25, 0.3) is 43.1 Å². The molecule has 5 aromatic rings. The summed E-state index contributed by atoms with van der Waals surface area (Å²) >= 11 is 2.24. The van der Waals surface area contributed by atoms with Crippen LogP contribution in [0.1, 0.15) is 0 Å². The molecule has 0 atom stereocenters. The number of fused-ring (bicyclic) bond motifs is 7. The summed E-state index contributed by atoms with van der Waals surface area (Å²) in [6.07, 6.45) is 0. The highest BCUT2D eigenvalue weighted by atomic mass is 127. The monoisotopic (exact) mass is 420 g/mol. The van der Waals surface area contributed by atoms with Crippen LogP contribution in [-0.2, 0) is 0 Å². The van der Waals surface area contributed by atoms with Crippen molar-refractivity contribution in [2.45, 2.75) is 0 Å². The summed E-state index contributed by atoms with van der Waals surface area (Å²) in [6.45, 7) is 0. The highest BCUT2D eigenvalue weighted by Crippen LogP contribution is 2.38. The van der Waals surface area contributed by atoms with Crippen LogP contribution in [0.15, 0.2) is 72.8 Å². The van der Waals surface area contributed by atoms with E-state index in [-0.39, 0.29) is 0 Å². The molecule has 0 aliphatic rings. The maximum atomic E-state index is 10.1. The van der Waals surface area contributed by atoms with Gasteiger partial charge in [-0.05, 0) is 66.4 Å². The standard InChI is InChI=1S/C22H13IO/c23-22-20(24)12-7-14-6-9-18-17-8-5-13-3-1-2-4-15(13)16(17)10-11-19(18)21(14)22/h1-12,24H. The summed E-state index contributed by atoms with van der Waals surface area (Å²) in [5, 5.41) is 19.9. The molecule has 0 aromatic heterocycles. The van der Waals surface area contributed by atoms with Crippen LogP contribution in [0.2, 0.25) is 0 Å². The fourth-order valence-electron chi connectivity index (χ4n) is 3.67. The van der Waals surface area contributed by atoms with Crippen LogP contribution in [0.5, 0.6) is 5.75 Å². The lowest BCUT2D eigenvalue weighted by molar-refractivity contribution is 0.472. The van der Waals surface area contributed by atoms with Gasteiger partial charge in [-0.25, -0.2) is 0 Å². The molecule has 24 heavy (non-hydrogen) atoms. The van der Waals surface area contributed by atoms with Crippen LogP contribution in [0.4, 0.5) is 0 Å². The Labute approximate surface area is 152 Å². The Morgan fingerprint density at radius 1 is 0.542 bits per heavy atom. The molecule has 0 unspecified atom stereocenters. The molecule has 0 fully saturated rings. The first kappa shape index (κ1) is 14.1. The van der Waals surface area contributed by atoms with E-state index < -0.39 is 0 Å². The van der Waals surface area contributed by atoms with Gasteiger partial charge in [0.15, 0.2) is 0 Å². The van der Waals surface area contributed by atoms with Crippen molar-refractivity contribution < 1.29 is 5.11 Å². The third kappa shape index (κ3) is 1.86. The van der Waals surface area contributed by atoms with Gasteiger partial charge >= 0.3 is 0 Å². The average Bonchev–Trinajstić information content (AvgIpc) is 2.63. The molecular formula is C22H13IO. The third-order valence-corrected chi connectivity index (χ3v) is 5.91. The summed E-state index contributed by atoms with van der Waals surface area (Å²) in [4.78, 5) is 0. The number of halogens is 1. The Morgan fingerprint density at radius 2 is 1.12 bits per heavy atom. The number of phenols is 1. The van der Waals surface area contributed by atoms with Gasteiger partial charge in [0.1, 0.15) is 5.75 Å². The lowest BCUT2D eigenvalue weighted by Crippen LogP contribution is -1.85. The average molecular weight is 420 g/mol. The maximum Gasteiger partial charge on any atom is 0.129 e. The molecule has 0 heterocycles. The van der Waals surface area contributed by atoms with Crippen molar-refractivity contribution in [1.82, 2.24) is 0 Å². The predicted molar refractivity (Wildman–Crippen MR) is 111 cm³/mol. The summed E-state index contributed by atoms with van der Waals surface area (Å²) in [5.41, 5.74) is 0. The van der Waals surface area contributed by atoms with E-state index in [9.17, 15) is 5.11 Å². The molecule has 0 aliphatic heterocycles. The fraction of sp³-hybridized carbons (Fsp3) is 0. The SMILES string of the molecule is Oc1ccc2ccc3c4ccc5ccccc5c4ccc3c2c1I. The van der Waals surface area contributed by atoms with E-state index >= 15 is 0 Å². The van der Waals surface area contributed by atoms with Crippen molar-refractivity contribution in [3.63, 3.8) is 0 Å². The van der Waals surface area contributed by atoms with Crippen molar-refractivity contribution in [2.24, 2.45) is 0 Å². The molecule has 0 radical (unpaired) electrons. The van der Waals surface area contributed by atoms with Crippen LogP contribution in [0, 0.1) is 3.57 Å². The van der Waals surface area contributed by atoms with E-state index in [4.69, 9.17) is 0 Å². The van der Waals surface area contributed by atoms with E-state index in [1.807, 2.05) is 6.07 Å². The van der Waals surface area contributed by atoms with E-state index in [2.05, 4.69) is 83.3 Å². The van der Waals surface area contributed by atoms with Crippen molar-refractivity contribution in [3.8, 4) is 5.75 Å². The Morgan fingerprint density at radius 3 is 2.00 bits per heavy atom. The second-order valence-corrected chi connectivity index (χ2v) is 7.18. The van der Waals surface area contributed by atoms with Crippen LogP contribution in [-0.4, -0.2) is 5.11 Å². The first-order valence-corrected chi connectivity index (χ1v) is 8.96. The number of hydrogen-bond donors (Lipinski definition) is 1. The fourth-order valence-corrected chi connectivity index (χ4v) is 4.46. The number of hydrogen-bond acceptors (Lipinski definition) is 1. The molecule has 0 aliphatic carbocycles. The van der Waals surface area contributed by atoms with Crippen LogP contribution >= 0.6 is 22.6 Å². The molecule has 5 aromatic carbocycles. The van der Waals surface area contributed by atoms with E-state index in [1.54, 1.807) is 6.07 Å². The van der Waals surface area contributed by atoms with Gasteiger partial charge < -0.3 is 5.11 Å². The topological polar surface area (TPSA) is 20.2 Å². The summed E-state index contributed by atoms with van der Waals surface area (Å²) in [7, 11) is 0. The number of phenolic OH excluding ortho intramolecular Hbond substituents is 1. The first-order chi connectivity index (χ1) is 11.7. The molecule has 0 saturated heterocycles. The van der Waals surface area contributed by atoms with E-state index in [1.165, 1.54) is 32.3 Å². The lowest BCUT2D eigenvalue weighted by atomic mass is 9.94. The largest absolute Gasteiger partial charge is 0.507 e. The zero-order chi connectivity index (χ0) is 16.3. The minimum atomic E-state index is 0.342. The van der Waals surface area contributed by atoms with Crippen LogP contribution in [0.3, 0.4) is 0 Å². The zero-order valence-corrected chi connectivity index (χ0v) is 14.9. The summed E-state index contributed by atoms with van der Waals surface area (Å²) in [5.74, 6) is 0.342. The van der Waals surface area contributed by atoms with Crippen molar-refractivity contribution >= 4 is 65.7 Å². The number of benzene rings is 5. The van der Waals surface area contributed by atoms with Gasteiger partial charge in [0.2, 0.25) is 0 Å². The minimum Gasteiger partial charge on any atom is -0.507 e. The van der Waals surface area contributed by atoms with Crippen molar-refractivity contribution in [1.29, 1.82) is 0 Å². The second-order valence-electron chi connectivity index (χ2n) is 6.10. The maximum absolute atomic E-state index is 10.1. The molecular weight excluding hydrogens is 407 g/mol. The van der Waals surface area contributed by atoms with E-state index in [0.29, 0.717) is 5.75 Å². The molecule has 1 N–H and O–H groups in total. The van der Waals surface area contributed by atoms with Gasteiger partial charge in [-0.3, -0.25) is 0 Å². The van der Waals surface area contributed by atoms with Crippen molar-refractivity contribution in [2.75, 3.05) is 0 Å². The zero-order valence-electron chi connectivity index (χ0n) is 12.8. The van der Waals surface area contributed by atoms with Gasteiger partial charge in [-0.2, -0.15) is 0 Å². The normalized spacial score (nSPS) is 11.7. The Bertz CT molecular complexity index is 1270. The summed E-state index contributed by atoms with van der Waals surface area (Å²) < 4.78 is 0.913. The van der Waals surface area contributed by atoms with E-state index in [0.717, 1.165) is 14.3 Å². The molecule has 0 saturated carbocycles. The predicted octanol–water partition coefficient (Wildman–Crippen LogP) is 6.61. The molecule has 2 heteroatoms. The van der Waals surface area contributed by atoms with Gasteiger partial charge in [-0.15, -0.1) is 0 Å².